The molecule has 0 atom stereocenters. The summed E-state index contributed by atoms with van der Waals surface area (Å²) in [4.78, 5) is 0. The maximum Gasteiger partial charge on any atom is 0.0726 e. The minimum atomic E-state index is -0.466. The lowest BCUT2D eigenvalue weighted by Crippen LogP contribution is -2.43. The molecule has 1 heterocycles. The van der Waals surface area contributed by atoms with Gasteiger partial charge in [0.25, 0.3) is 0 Å². The smallest absolute Gasteiger partial charge is 0.0726 e. The minimum absolute atomic E-state index is 0.413. The fraction of sp³-hybridized carbons (Fsp3) is 0.0667. The number of aryl methyl sites for hydroxylation is 1. The summed E-state index contributed by atoms with van der Waals surface area (Å²) < 4.78 is 2.70. The van der Waals surface area contributed by atoms with Crippen molar-refractivity contribution in [3.63, 3.8) is 0 Å². The van der Waals surface area contributed by atoms with Crippen molar-refractivity contribution >= 4 is 31.5 Å². The molecule has 7 aromatic carbocycles. The second-order valence-electron chi connectivity index (χ2n) is 13.2. The molecule has 3 aliphatic carbocycles. The molecule has 0 amide bonds. The van der Waals surface area contributed by atoms with Crippen LogP contribution in [0.2, 0.25) is 0 Å². The van der Waals surface area contributed by atoms with E-state index in [1.807, 2.05) is 11.3 Å². The Balaban J connectivity index is 1.40. The van der Waals surface area contributed by atoms with Crippen LogP contribution in [0.15, 0.2) is 152 Å². The first-order valence-corrected chi connectivity index (χ1v) is 17.0. The van der Waals surface area contributed by atoms with E-state index in [9.17, 15) is 0 Å². The SMILES string of the molecule is Cc1ccc2c(c1)-c1ccc3sc4ccccc4c3c1C21c2ccccc2C2(c3ccccc3-c3ccccc32)c2ccccc21. The van der Waals surface area contributed by atoms with E-state index >= 15 is 0 Å². The van der Waals surface area contributed by atoms with Gasteiger partial charge in [-0.25, -0.2) is 0 Å². The highest BCUT2D eigenvalue weighted by Crippen LogP contribution is 2.68. The Morgan fingerprint density at radius 1 is 0.391 bits per heavy atom. The molecule has 46 heavy (non-hydrogen) atoms. The quantitative estimate of drug-likeness (QED) is 0.162. The molecule has 214 valence electrons. The molecule has 3 aliphatic rings. The van der Waals surface area contributed by atoms with Crippen LogP contribution >= 0.6 is 11.3 Å². The van der Waals surface area contributed by atoms with Crippen molar-refractivity contribution in [3.8, 4) is 22.3 Å². The number of fused-ring (bicyclic) bond motifs is 20. The van der Waals surface area contributed by atoms with E-state index in [1.165, 1.54) is 92.5 Å². The fourth-order valence-corrected chi connectivity index (χ4v) is 10.8. The molecule has 0 nitrogen and oxygen atoms in total. The Morgan fingerprint density at radius 2 is 0.913 bits per heavy atom. The second-order valence-corrected chi connectivity index (χ2v) is 14.3. The Labute approximate surface area is 272 Å². The van der Waals surface area contributed by atoms with Crippen LogP contribution in [0, 0.1) is 6.92 Å². The third-order valence-corrected chi connectivity index (χ3v) is 12.3. The third-order valence-electron chi connectivity index (χ3n) is 11.2. The average molecular weight is 601 g/mol. The Bertz CT molecular complexity index is 2520. The number of hydrogen-bond donors (Lipinski definition) is 0. The number of thiophene rings is 1. The standard InChI is InChI=1S/C45H28S/c1-27-22-24-35-32(26-27)30-23-25-41-42(31-14-4-11-21-40(31)46-41)43(30)45(35)38-19-9-7-17-36(38)44(37-18-8-10-20-39(37)45)33-15-5-2-12-28(33)29-13-3-6-16-34(29)44/h2-26H,1H3. The van der Waals surface area contributed by atoms with Gasteiger partial charge in [0.2, 0.25) is 0 Å². The zero-order valence-electron chi connectivity index (χ0n) is 25.3. The lowest BCUT2D eigenvalue weighted by molar-refractivity contribution is 0.635. The first kappa shape index (κ1) is 25.0. The first-order valence-electron chi connectivity index (χ1n) is 16.2. The molecular formula is C45H28S. The third kappa shape index (κ3) is 2.67. The monoisotopic (exact) mass is 600 g/mol. The molecule has 8 aromatic rings. The lowest BCUT2D eigenvalue weighted by atomic mass is 9.52. The maximum absolute atomic E-state index is 2.45. The van der Waals surface area contributed by atoms with E-state index in [4.69, 9.17) is 0 Å². The van der Waals surface area contributed by atoms with Crippen molar-refractivity contribution in [2.45, 2.75) is 17.8 Å². The van der Waals surface area contributed by atoms with Crippen molar-refractivity contribution in [2.24, 2.45) is 0 Å². The predicted octanol–water partition coefficient (Wildman–Crippen LogP) is 11.4. The molecule has 0 saturated heterocycles. The van der Waals surface area contributed by atoms with E-state index in [2.05, 4.69) is 159 Å². The van der Waals surface area contributed by atoms with Crippen molar-refractivity contribution in [3.05, 3.63) is 202 Å². The van der Waals surface area contributed by atoms with Gasteiger partial charge in [0, 0.05) is 20.2 Å². The molecule has 0 aliphatic heterocycles. The second kappa shape index (κ2) is 8.51. The summed E-state index contributed by atoms with van der Waals surface area (Å²) in [5.41, 5.74) is 17.0. The summed E-state index contributed by atoms with van der Waals surface area (Å²) in [5.74, 6) is 0. The largest absolute Gasteiger partial charge is 0.135 e. The van der Waals surface area contributed by atoms with Gasteiger partial charge in [-0.15, -0.1) is 11.3 Å². The summed E-state index contributed by atoms with van der Waals surface area (Å²) in [5, 5.41) is 2.76. The van der Waals surface area contributed by atoms with Crippen molar-refractivity contribution in [2.75, 3.05) is 0 Å². The molecule has 1 aromatic heterocycles. The van der Waals surface area contributed by atoms with Crippen LogP contribution in [0.4, 0.5) is 0 Å². The van der Waals surface area contributed by atoms with Gasteiger partial charge in [-0.1, -0.05) is 145 Å². The highest BCUT2D eigenvalue weighted by Gasteiger charge is 2.59. The highest BCUT2D eigenvalue weighted by molar-refractivity contribution is 7.25. The first-order chi connectivity index (χ1) is 22.7. The van der Waals surface area contributed by atoms with Crippen LogP contribution < -0.4 is 0 Å². The summed E-state index contributed by atoms with van der Waals surface area (Å²) in [6.07, 6.45) is 0. The van der Waals surface area contributed by atoms with Crippen LogP contribution in [0.1, 0.15) is 50.1 Å². The minimum Gasteiger partial charge on any atom is -0.135 e. The zero-order valence-corrected chi connectivity index (χ0v) is 26.2. The van der Waals surface area contributed by atoms with Crippen LogP contribution in [0.25, 0.3) is 42.4 Å². The number of benzene rings is 7. The van der Waals surface area contributed by atoms with Gasteiger partial charge in [0.15, 0.2) is 0 Å². The lowest BCUT2D eigenvalue weighted by Gasteiger charge is -2.49. The van der Waals surface area contributed by atoms with Crippen molar-refractivity contribution in [1.29, 1.82) is 0 Å². The average Bonchev–Trinajstić information content (AvgIpc) is 3.73. The fourth-order valence-electron chi connectivity index (χ4n) is 9.71. The molecule has 0 fully saturated rings. The number of rotatable bonds is 0. The van der Waals surface area contributed by atoms with Gasteiger partial charge in [-0.2, -0.15) is 0 Å². The molecule has 1 heteroatoms. The van der Waals surface area contributed by atoms with E-state index in [0.717, 1.165) is 0 Å². The molecule has 0 N–H and O–H groups in total. The van der Waals surface area contributed by atoms with Gasteiger partial charge in [0.1, 0.15) is 0 Å². The van der Waals surface area contributed by atoms with Crippen LogP contribution in [0.5, 0.6) is 0 Å². The normalized spacial score (nSPS) is 15.4. The summed E-state index contributed by atoms with van der Waals surface area (Å²) in [7, 11) is 0. The highest BCUT2D eigenvalue weighted by atomic mass is 32.1. The van der Waals surface area contributed by atoms with E-state index < -0.39 is 10.8 Å². The molecule has 0 radical (unpaired) electrons. The molecular weight excluding hydrogens is 573 g/mol. The number of hydrogen-bond acceptors (Lipinski definition) is 1. The van der Waals surface area contributed by atoms with Crippen LogP contribution in [-0.4, -0.2) is 0 Å². The van der Waals surface area contributed by atoms with E-state index in [-0.39, 0.29) is 0 Å². The predicted molar refractivity (Wildman–Crippen MR) is 192 cm³/mol. The van der Waals surface area contributed by atoms with E-state index in [0.29, 0.717) is 0 Å². The molecule has 2 spiro atoms. The van der Waals surface area contributed by atoms with Crippen LogP contribution in [-0.2, 0) is 10.8 Å². The summed E-state index contributed by atoms with van der Waals surface area (Å²) >= 11 is 1.92. The summed E-state index contributed by atoms with van der Waals surface area (Å²) in [6, 6.07) is 58.1. The maximum atomic E-state index is 2.45. The van der Waals surface area contributed by atoms with Crippen molar-refractivity contribution in [1.82, 2.24) is 0 Å². The van der Waals surface area contributed by atoms with Gasteiger partial charge in [-0.05, 0) is 85.8 Å². The molecule has 0 saturated carbocycles. The Morgan fingerprint density at radius 3 is 1.57 bits per heavy atom. The van der Waals surface area contributed by atoms with Gasteiger partial charge in [0.05, 0.1) is 10.8 Å². The van der Waals surface area contributed by atoms with E-state index in [1.54, 1.807) is 0 Å². The van der Waals surface area contributed by atoms with Crippen LogP contribution in [0.3, 0.4) is 0 Å². The van der Waals surface area contributed by atoms with Gasteiger partial charge in [-0.3, -0.25) is 0 Å². The summed E-state index contributed by atoms with van der Waals surface area (Å²) in [6.45, 7) is 2.23. The van der Waals surface area contributed by atoms with Crippen molar-refractivity contribution < 1.29 is 0 Å². The molecule has 0 bridgehead atoms. The Hall–Kier alpha value is -5.24. The van der Waals surface area contributed by atoms with Gasteiger partial charge >= 0.3 is 0 Å². The van der Waals surface area contributed by atoms with Gasteiger partial charge < -0.3 is 0 Å². The Kier molecular flexibility index (Phi) is 4.63. The molecule has 0 unspecified atom stereocenters. The topological polar surface area (TPSA) is 0 Å². The molecule has 11 rings (SSSR count). The zero-order chi connectivity index (χ0) is 30.2.